The molecule has 0 bridgehead atoms. The van der Waals surface area contributed by atoms with Gasteiger partial charge in [-0.15, -0.1) is 0 Å². The number of anilines is 1. The van der Waals surface area contributed by atoms with Crippen LogP contribution >= 0.6 is 11.6 Å². The maximum atomic E-state index is 13.8. The van der Waals surface area contributed by atoms with E-state index in [-0.39, 0.29) is 21.7 Å². The molecule has 0 aliphatic rings. The Bertz CT molecular complexity index is 1030. The molecule has 0 spiro atoms. The number of halogens is 5. The Balaban J connectivity index is 2.47. The Labute approximate surface area is 143 Å². The van der Waals surface area contributed by atoms with Crippen LogP contribution in [0.15, 0.2) is 41.2 Å². The molecule has 0 atom stereocenters. The number of alkyl halides is 3. The number of nitrogens with zero attached hydrogens (tertiary/aromatic N) is 2. The fourth-order valence-electron chi connectivity index (χ4n) is 2.46. The molecule has 3 rings (SSSR count). The second-order valence-electron chi connectivity index (χ2n) is 5.12. The van der Waals surface area contributed by atoms with Gasteiger partial charge >= 0.3 is 6.18 Å². The van der Waals surface area contributed by atoms with Gasteiger partial charge in [-0.25, -0.2) is 9.37 Å². The topological polar surface area (TPSA) is 46.9 Å². The van der Waals surface area contributed by atoms with E-state index in [0.29, 0.717) is 5.69 Å². The number of hydrogen-bond acceptors (Lipinski definition) is 3. The molecule has 0 saturated heterocycles. The average molecular weight is 372 g/mol. The minimum Gasteiger partial charge on any atom is -0.387 e. The van der Waals surface area contributed by atoms with Crippen LogP contribution in [0.25, 0.3) is 16.7 Å². The monoisotopic (exact) mass is 371 g/mol. The summed E-state index contributed by atoms with van der Waals surface area (Å²) in [5.74, 6) is -0.802. The van der Waals surface area contributed by atoms with Crippen LogP contribution in [-0.2, 0) is 6.18 Å². The maximum Gasteiger partial charge on any atom is 0.433 e. The molecule has 2 aromatic heterocycles. The quantitative estimate of drug-likeness (QED) is 0.685. The smallest absolute Gasteiger partial charge is 0.387 e. The molecule has 0 saturated carbocycles. The lowest BCUT2D eigenvalue weighted by atomic mass is 10.2. The minimum absolute atomic E-state index is 0.0915. The van der Waals surface area contributed by atoms with Crippen LogP contribution in [0.4, 0.5) is 23.2 Å². The van der Waals surface area contributed by atoms with Crippen molar-refractivity contribution < 1.29 is 17.6 Å². The summed E-state index contributed by atoms with van der Waals surface area (Å²) in [5, 5.41) is 2.60. The van der Waals surface area contributed by atoms with Crippen molar-refractivity contribution in [1.29, 1.82) is 0 Å². The van der Waals surface area contributed by atoms with E-state index in [4.69, 9.17) is 11.6 Å². The van der Waals surface area contributed by atoms with Gasteiger partial charge in [0.25, 0.3) is 5.56 Å². The van der Waals surface area contributed by atoms with Gasteiger partial charge < -0.3 is 5.32 Å². The minimum atomic E-state index is -4.70. The van der Waals surface area contributed by atoms with Crippen molar-refractivity contribution in [3.63, 3.8) is 0 Å². The number of benzene rings is 1. The number of aromatic nitrogens is 2. The predicted molar refractivity (Wildman–Crippen MR) is 86.9 cm³/mol. The van der Waals surface area contributed by atoms with Crippen LogP contribution in [-0.4, -0.2) is 16.6 Å². The van der Waals surface area contributed by atoms with Crippen LogP contribution in [0.1, 0.15) is 5.69 Å². The normalized spacial score (nSPS) is 11.8. The van der Waals surface area contributed by atoms with E-state index in [1.807, 2.05) is 0 Å². The van der Waals surface area contributed by atoms with Gasteiger partial charge in [0.1, 0.15) is 22.2 Å². The van der Waals surface area contributed by atoms with Crippen molar-refractivity contribution >= 4 is 28.3 Å². The number of pyridine rings is 2. The lowest BCUT2D eigenvalue weighted by Gasteiger charge is -2.15. The maximum absolute atomic E-state index is 13.8. The standard InChI is InChI=1S/C16H10ClF4N3O/c1-22-10-7-13(25)24(11-4-2-3-9(18)14(11)17)15-8(10)5-6-12(23-15)16(19,20)21/h2-7,22H,1H3. The molecule has 9 heteroatoms. The molecule has 0 fully saturated rings. The highest BCUT2D eigenvalue weighted by atomic mass is 35.5. The summed E-state index contributed by atoms with van der Waals surface area (Å²) in [6.07, 6.45) is -4.70. The van der Waals surface area contributed by atoms with E-state index < -0.39 is 23.2 Å². The molecular weight excluding hydrogens is 362 g/mol. The fraction of sp³-hybridized carbons (Fsp3) is 0.125. The lowest BCUT2D eigenvalue weighted by Crippen LogP contribution is -2.21. The zero-order valence-electron chi connectivity index (χ0n) is 12.7. The number of rotatable bonds is 2. The Kier molecular flexibility index (Phi) is 4.16. The third kappa shape index (κ3) is 2.93. The lowest BCUT2D eigenvalue weighted by molar-refractivity contribution is -0.141. The zero-order chi connectivity index (χ0) is 18.4. The van der Waals surface area contributed by atoms with Crippen LogP contribution in [0.3, 0.4) is 0 Å². The molecule has 130 valence electrons. The van der Waals surface area contributed by atoms with Gasteiger partial charge in [-0.3, -0.25) is 9.36 Å². The summed E-state index contributed by atoms with van der Waals surface area (Å²) in [6.45, 7) is 0. The Morgan fingerprint density at radius 2 is 1.92 bits per heavy atom. The summed E-state index contributed by atoms with van der Waals surface area (Å²) in [6, 6.07) is 6.89. The third-order valence-electron chi connectivity index (χ3n) is 3.60. The molecule has 4 nitrogen and oxygen atoms in total. The van der Waals surface area contributed by atoms with Crippen LogP contribution in [0.5, 0.6) is 0 Å². The summed E-state index contributed by atoms with van der Waals surface area (Å²) >= 11 is 5.90. The van der Waals surface area contributed by atoms with Gasteiger partial charge in [-0.05, 0) is 24.3 Å². The van der Waals surface area contributed by atoms with Crippen LogP contribution in [0.2, 0.25) is 5.02 Å². The average Bonchev–Trinajstić information content (AvgIpc) is 2.56. The van der Waals surface area contributed by atoms with Gasteiger partial charge in [-0.2, -0.15) is 13.2 Å². The van der Waals surface area contributed by atoms with E-state index in [0.717, 1.165) is 16.7 Å². The van der Waals surface area contributed by atoms with Gasteiger partial charge in [0, 0.05) is 18.5 Å². The molecule has 3 aromatic rings. The number of nitrogens with one attached hydrogen (secondary N) is 1. The van der Waals surface area contributed by atoms with Crippen molar-refractivity contribution in [1.82, 2.24) is 9.55 Å². The highest BCUT2D eigenvalue weighted by Crippen LogP contribution is 2.32. The molecule has 2 heterocycles. The highest BCUT2D eigenvalue weighted by molar-refractivity contribution is 6.32. The van der Waals surface area contributed by atoms with E-state index in [9.17, 15) is 22.4 Å². The molecule has 0 amide bonds. The molecule has 1 N–H and O–H groups in total. The van der Waals surface area contributed by atoms with Gasteiger partial charge in [0.05, 0.1) is 11.4 Å². The SMILES string of the molecule is CNc1cc(=O)n(-c2cccc(F)c2Cl)c2nc(C(F)(F)F)ccc12. The van der Waals surface area contributed by atoms with Crippen LogP contribution < -0.4 is 10.9 Å². The molecule has 25 heavy (non-hydrogen) atoms. The molecule has 0 unspecified atom stereocenters. The summed E-state index contributed by atoms with van der Waals surface area (Å²) < 4.78 is 53.7. The Hall–Kier alpha value is -2.61. The van der Waals surface area contributed by atoms with Crippen molar-refractivity contribution in [2.45, 2.75) is 6.18 Å². The summed E-state index contributed by atoms with van der Waals surface area (Å²) in [7, 11) is 1.52. The van der Waals surface area contributed by atoms with E-state index in [1.54, 1.807) is 0 Å². The fourth-order valence-corrected chi connectivity index (χ4v) is 2.67. The summed E-state index contributed by atoms with van der Waals surface area (Å²) in [5.41, 5.74) is -1.94. The van der Waals surface area contributed by atoms with Crippen molar-refractivity contribution in [3.05, 3.63) is 63.3 Å². The van der Waals surface area contributed by atoms with Gasteiger partial charge in [0.15, 0.2) is 0 Å². The van der Waals surface area contributed by atoms with Gasteiger partial charge in [0.2, 0.25) is 0 Å². The van der Waals surface area contributed by atoms with E-state index >= 15 is 0 Å². The van der Waals surface area contributed by atoms with E-state index in [1.165, 1.54) is 31.3 Å². The molecule has 0 radical (unpaired) electrons. The Morgan fingerprint density at radius 1 is 1.20 bits per heavy atom. The molecule has 1 aromatic carbocycles. The number of hydrogen-bond donors (Lipinski definition) is 1. The second-order valence-corrected chi connectivity index (χ2v) is 5.50. The Morgan fingerprint density at radius 3 is 2.56 bits per heavy atom. The second kappa shape index (κ2) is 6.03. The first-order chi connectivity index (χ1) is 11.7. The van der Waals surface area contributed by atoms with E-state index in [2.05, 4.69) is 10.3 Å². The zero-order valence-corrected chi connectivity index (χ0v) is 13.4. The predicted octanol–water partition coefficient (Wildman–Crippen LogP) is 4.24. The van der Waals surface area contributed by atoms with Crippen LogP contribution in [0, 0.1) is 5.82 Å². The summed E-state index contributed by atoms with van der Waals surface area (Å²) in [4.78, 5) is 16.0. The largest absolute Gasteiger partial charge is 0.433 e. The first-order valence-electron chi connectivity index (χ1n) is 7.00. The van der Waals surface area contributed by atoms with Gasteiger partial charge in [-0.1, -0.05) is 17.7 Å². The molecule has 0 aliphatic carbocycles. The third-order valence-corrected chi connectivity index (χ3v) is 3.97. The first kappa shape index (κ1) is 17.2. The van der Waals surface area contributed by atoms with Crippen molar-refractivity contribution in [3.8, 4) is 5.69 Å². The first-order valence-corrected chi connectivity index (χ1v) is 7.38. The van der Waals surface area contributed by atoms with Crippen molar-refractivity contribution in [2.24, 2.45) is 0 Å². The number of fused-ring (bicyclic) bond motifs is 1. The molecular formula is C16H10ClF4N3O. The van der Waals surface area contributed by atoms with Crippen molar-refractivity contribution in [2.75, 3.05) is 12.4 Å². The molecule has 0 aliphatic heterocycles. The highest BCUT2D eigenvalue weighted by Gasteiger charge is 2.33.